The number of rotatable bonds is 4. The van der Waals surface area contributed by atoms with E-state index in [0.717, 1.165) is 16.0 Å². The molecule has 1 heterocycles. The first-order chi connectivity index (χ1) is 13.7. The van der Waals surface area contributed by atoms with Crippen molar-refractivity contribution in [1.82, 2.24) is 5.32 Å². The molecule has 2 N–H and O–H groups in total. The zero-order valence-electron chi connectivity index (χ0n) is 16.1. The molecule has 1 aliphatic rings. The third kappa shape index (κ3) is 3.95. The average Bonchev–Trinajstić information content (AvgIpc) is 2.65. The number of carbonyl (C=O) groups is 3. The van der Waals surface area contributed by atoms with Crippen molar-refractivity contribution in [3.8, 4) is 11.5 Å². The number of hydrogen-bond donors (Lipinski definition) is 2. The molecule has 150 valence electrons. The van der Waals surface area contributed by atoms with E-state index < -0.39 is 17.8 Å². The van der Waals surface area contributed by atoms with E-state index in [4.69, 9.17) is 16.3 Å². The summed E-state index contributed by atoms with van der Waals surface area (Å²) in [6, 6.07) is 7.15. The predicted octanol–water partition coefficient (Wildman–Crippen LogP) is 3.73. The van der Waals surface area contributed by atoms with Crippen molar-refractivity contribution in [3.63, 3.8) is 0 Å². The molecule has 2 aromatic rings. The number of carbonyl (C=O) groups excluding carboxylic acids is 3. The Morgan fingerprint density at radius 1 is 1.14 bits per heavy atom. The fraction of sp³-hybridized carbons (Fsp3) is 0.190. The van der Waals surface area contributed by atoms with Gasteiger partial charge in [-0.15, -0.1) is 0 Å². The number of aromatic hydroxyl groups is 1. The number of barbiturate groups is 1. The van der Waals surface area contributed by atoms with Gasteiger partial charge < -0.3 is 9.84 Å². The fourth-order valence-corrected chi connectivity index (χ4v) is 3.09. The van der Waals surface area contributed by atoms with E-state index in [1.54, 1.807) is 25.1 Å². The maximum absolute atomic E-state index is 13.0. The highest BCUT2D eigenvalue weighted by molar-refractivity contribution is 6.39. The number of aryl methyl sites for hydroxylation is 2. The normalized spacial score (nSPS) is 15.7. The van der Waals surface area contributed by atoms with Crippen LogP contribution in [-0.2, 0) is 9.59 Å². The molecule has 0 aliphatic carbocycles. The summed E-state index contributed by atoms with van der Waals surface area (Å²) in [5.41, 5.74) is 2.38. The van der Waals surface area contributed by atoms with E-state index in [-0.39, 0.29) is 22.1 Å². The first kappa shape index (κ1) is 20.4. The van der Waals surface area contributed by atoms with Crippen molar-refractivity contribution < 1.29 is 24.2 Å². The molecule has 0 spiro atoms. The van der Waals surface area contributed by atoms with Gasteiger partial charge in [0.15, 0.2) is 11.5 Å². The lowest BCUT2D eigenvalue weighted by atomic mass is 10.0. The molecule has 1 fully saturated rings. The number of halogens is 1. The molecule has 0 saturated carbocycles. The van der Waals surface area contributed by atoms with Gasteiger partial charge in [0, 0.05) is 0 Å². The Morgan fingerprint density at radius 3 is 2.52 bits per heavy atom. The van der Waals surface area contributed by atoms with Gasteiger partial charge in [-0.3, -0.25) is 14.9 Å². The zero-order chi connectivity index (χ0) is 21.3. The summed E-state index contributed by atoms with van der Waals surface area (Å²) in [5, 5.41) is 12.1. The molecule has 0 unspecified atom stereocenters. The highest BCUT2D eigenvalue weighted by Crippen LogP contribution is 2.36. The van der Waals surface area contributed by atoms with Crippen LogP contribution in [0.5, 0.6) is 11.5 Å². The zero-order valence-corrected chi connectivity index (χ0v) is 16.8. The van der Waals surface area contributed by atoms with Gasteiger partial charge >= 0.3 is 6.03 Å². The summed E-state index contributed by atoms with van der Waals surface area (Å²) in [7, 11) is 0. The van der Waals surface area contributed by atoms with Crippen molar-refractivity contribution >= 4 is 41.2 Å². The summed E-state index contributed by atoms with van der Waals surface area (Å²) < 4.78 is 5.32. The number of nitrogens with one attached hydrogen (secondary N) is 1. The van der Waals surface area contributed by atoms with Gasteiger partial charge in [-0.2, -0.15) is 0 Å². The Kier molecular flexibility index (Phi) is 5.61. The number of anilines is 1. The first-order valence-electron chi connectivity index (χ1n) is 8.87. The lowest BCUT2D eigenvalue weighted by Gasteiger charge is -2.27. The van der Waals surface area contributed by atoms with Gasteiger partial charge in [0.1, 0.15) is 5.57 Å². The second-order valence-corrected chi connectivity index (χ2v) is 6.92. The molecule has 1 saturated heterocycles. The third-order valence-electron chi connectivity index (χ3n) is 4.51. The average molecular weight is 415 g/mol. The number of nitrogens with zero attached hydrogens (tertiary/aromatic N) is 1. The lowest BCUT2D eigenvalue weighted by molar-refractivity contribution is -0.122. The highest BCUT2D eigenvalue weighted by atomic mass is 35.5. The molecule has 4 amide bonds. The van der Waals surface area contributed by atoms with Crippen molar-refractivity contribution in [2.45, 2.75) is 20.8 Å². The summed E-state index contributed by atoms with van der Waals surface area (Å²) in [5.74, 6) is -1.69. The summed E-state index contributed by atoms with van der Waals surface area (Å²) >= 11 is 6.02. The Hall–Kier alpha value is -3.32. The maximum Gasteiger partial charge on any atom is 0.335 e. The van der Waals surface area contributed by atoms with Crippen molar-refractivity contribution in [2.75, 3.05) is 11.5 Å². The van der Waals surface area contributed by atoms with Crippen LogP contribution >= 0.6 is 11.6 Å². The number of hydrogen-bond acceptors (Lipinski definition) is 5. The van der Waals surface area contributed by atoms with Crippen LogP contribution in [0.15, 0.2) is 35.9 Å². The van der Waals surface area contributed by atoms with E-state index in [1.165, 1.54) is 18.2 Å². The topological polar surface area (TPSA) is 95.9 Å². The summed E-state index contributed by atoms with van der Waals surface area (Å²) in [6.07, 6.45) is 1.30. The van der Waals surface area contributed by atoms with E-state index in [0.29, 0.717) is 17.9 Å². The van der Waals surface area contributed by atoms with Crippen LogP contribution in [0, 0.1) is 13.8 Å². The number of amides is 4. The highest BCUT2D eigenvalue weighted by Gasteiger charge is 2.37. The number of ether oxygens (including phenoxy) is 1. The van der Waals surface area contributed by atoms with Crippen LogP contribution in [-0.4, -0.2) is 29.6 Å². The molecule has 1 aliphatic heterocycles. The van der Waals surface area contributed by atoms with Gasteiger partial charge in [0.05, 0.1) is 17.3 Å². The smallest absolute Gasteiger partial charge is 0.335 e. The summed E-state index contributed by atoms with van der Waals surface area (Å²) in [6.45, 7) is 5.80. The first-order valence-corrected chi connectivity index (χ1v) is 9.24. The predicted molar refractivity (Wildman–Crippen MR) is 109 cm³/mol. The molecule has 2 aromatic carbocycles. The second kappa shape index (κ2) is 7.97. The Bertz CT molecular complexity index is 1060. The molecule has 0 atom stereocenters. The van der Waals surface area contributed by atoms with Gasteiger partial charge in [-0.25, -0.2) is 9.69 Å². The van der Waals surface area contributed by atoms with Gasteiger partial charge in [-0.05, 0) is 67.8 Å². The van der Waals surface area contributed by atoms with E-state index in [1.807, 2.05) is 13.8 Å². The third-order valence-corrected chi connectivity index (χ3v) is 4.80. The number of imide groups is 2. The van der Waals surface area contributed by atoms with Crippen LogP contribution in [0.2, 0.25) is 5.02 Å². The standard InChI is InChI=1S/C21H19ClN2O5/c1-4-29-17-10-13(9-16(22)18(17)25)8-15-19(26)23-21(28)24(20(15)27)14-6-5-11(2)12(3)7-14/h5-10,25H,4H2,1-3H3,(H,23,26,28)/b15-8+. The fourth-order valence-electron chi connectivity index (χ4n) is 2.87. The van der Waals surface area contributed by atoms with Gasteiger partial charge in [0.25, 0.3) is 11.8 Å². The van der Waals surface area contributed by atoms with Crippen LogP contribution in [0.3, 0.4) is 0 Å². The maximum atomic E-state index is 13.0. The van der Waals surface area contributed by atoms with E-state index >= 15 is 0 Å². The molecule has 8 heteroatoms. The van der Waals surface area contributed by atoms with Crippen molar-refractivity contribution in [3.05, 3.63) is 57.6 Å². The Labute approximate surface area is 172 Å². The molecule has 3 rings (SSSR count). The van der Waals surface area contributed by atoms with Crippen LogP contribution < -0.4 is 15.0 Å². The van der Waals surface area contributed by atoms with E-state index in [9.17, 15) is 19.5 Å². The van der Waals surface area contributed by atoms with E-state index in [2.05, 4.69) is 5.32 Å². The molecular weight excluding hydrogens is 396 g/mol. The lowest BCUT2D eigenvalue weighted by Crippen LogP contribution is -2.54. The van der Waals surface area contributed by atoms with Crippen LogP contribution in [0.25, 0.3) is 6.08 Å². The Morgan fingerprint density at radius 2 is 1.86 bits per heavy atom. The number of phenols is 1. The molecular formula is C21H19ClN2O5. The van der Waals surface area contributed by atoms with Crippen LogP contribution in [0.1, 0.15) is 23.6 Å². The minimum atomic E-state index is -0.820. The van der Waals surface area contributed by atoms with Crippen LogP contribution in [0.4, 0.5) is 10.5 Å². The number of urea groups is 1. The second-order valence-electron chi connectivity index (χ2n) is 6.51. The largest absolute Gasteiger partial charge is 0.503 e. The Balaban J connectivity index is 2.05. The molecule has 0 radical (unpaired) electrons. The van der Waals surface area contributed by atoms with Gasteiger partial charge in [-0.1, -0.05) is 17.7 Å². The SMILES string of the molecule is CCOc1cc(/C=C2\C(=O)NC(=O)N(c3ccc(C)c(C)c3)C2=O)cc(Cl)c1O. The number of phenolic OH excluding ortho intramolecular Hbond substituents is 1. The summed E-state index contributed by atoms with van der Waals surface area (Å²) in [4.78, 5) is 38.5. The van der Waals surface area contributed by atoms with Crippen molar-refractivity contribution in [1.29, 1.82) is 0 Å². The van der Waals surface area contributed by atoms with Gasteiger partial charge in [0.2, 0.25) is 0 Å². The number of benzene rings is 2. The monoisotopic (exact) mass is 414 g/mol. The van der Waals surface area contributed by atoms with Crippen molar-refractivity contribution in [2.24, 2.45) is 0 Å². The minimum Gasteiger partial charge on any atom is -0.503 e. The molecule has 7 nitrogen and oxygen atoms in total. The molecule has 29 heavy (non-hydrogen) atoms. The molecule has 0 aromatic heterocycles. The molecule has 0 bridgehead atoms. The quantitative estimate of drug-likeness (QED) is 0.587. The minimum absolute atomic E-state index is 0.00792.